The zero-order valence-corrected chi connectivity index (χ0v) is 24.0. The van der Waals surface area contributed by atoms with Gasteiger partial charge in [-0.15, -0.1) is 0 Å². The van der Waals surface area contributed by atoms with Gasteiger partial charge in [0, 0.05) is 28.3 Å². The molecular weight excluding hydrogens is 549 g/mol. The summed E-state index contributed by atoms with van der Waals surface area (Å²) < 4.78 is 6.47. The fourth-order valence-corrected chi connectivity index (χ4v) is 7.28. The first-order valence-corrected chi connectivity index (χ1v) is 14.7. The van der Waals surface area contributed by atoms with Gasteiger partial charge in [0.15, 0.2) is 0 Å². The molecular formula is C31H33Cl2N3O4. The SMILES string of the molecule is CC1CCCC(NC(=O)C2N(Cc3ccc(Cl)cc3)C(=O)C3C(C(=O)Nc4ccc(Cl)cc4)C4C=CC32O4)C1C. The van der Waals surface area contributed by atoms with Gasteiger partial charge in [0.25, 0.3) is 0 Å². The van der Waals surface area contributed by atoms with Crippen LogP contribution in [0.2, 0.25) is 10.0 Å². The molecule has 2 aromatic carbocycles. The molecule has 40 heavy (non-hydrogen) atoms. The number of ether oxygens (including phenoxy) is 1. The molecule has 3 heterocycles. The van der Waals surface area contributed by atoms with Crippen molar-refractivity contribution in [3.8, 4) is 0 Å². The molecule has 2 N–H and O–H groups in total. The summed E-state index contributed by atoms with van der Waals surface area (Å²) in [4.78, 5) is 43.5. The van der Waals surface area contributed by atoms with Gasteiger partial charge >= 0.3 is 0 Å². The standard InChI is InChI=1S/C31H33Cl2N3O4/c1-17-4-3-5-23(18(17)2)35-29(38)27-31-15-14-24(40-31)25(28(37)34-22-12-10-21(33)11-13-22)26(31)30(39)36(27)16-19-6-8-20(32)9-7-19/h6-15,17-18,23-27H,3-5,16H2,1-2H3,(H,34,37)(H,35,38). The number of hydrogen-bond acceptors (Lipinski definition) is 4. The summed E-state index contributed by atoms with van der Waals surface area (Å²) in [5.41, 5.74) is 0.199. The Hall–Kier alpha value is -2.87. The Balaban J connectivity index is 1.32. The number of benzene rings is 2. The molecule has 1 aliphatic carbocycles. The normalized spacial score (nSPS) is 34.1. The quantitative estimate of drug-likeness (QED) is 0.457. The van der Waals surface area contributed by atoms with Crippen LogP contribution in [0.1, 0.15) is 38.7 Å². The molecule has 0 radical (unpaired) electrons. The van der Waals surface area contributed by atoms with E-state index in [1.807, 2.05) is 24.3 Å². The highest BCUT2D eigenvalue weighted by molar-refractivity contribution is 6.30. The molecule has 2 aromatic rings. The number of carbonyl (C=O) groups is 3. The van der Waals surface area contributed by atoms with Crippen LogP contribution in [0.4, 0.5) is 5.69 Å². The third kappa shape index (κ3) is 4.62. The van der Waals surface area contributed by atoms with Crippen molar-refractivity contribution in [2.45, 2.75) is 63.4 Å². The Morgan fingerprint density at radius 3 is 2.38 bits per heavy atom. The van der Waals surface area contributed by atoms with Crippen molar-refractivity contribution < 1.29 is 19.1 Å². The second-order valence-electron chi connectivity index (χ2n) is 11.7. The predicted octanol–water partition coefficient (Wildman–Crippen LogP) is 5.22. The molecule has 8 atom stereocenters. The lowest BCUT2D eigenvalue weighted by molar-refractivity contribution is -0.142. The smallest absolute Gasteiger partial charge is 0.246 e. The first-order valence-electron chi connectivity index (χ1n) is 14.0. The zero-order chi connectivity index (χ0) is 28.2. The highest BCUT2D eigenvalue weighted by atomic mass is 35.5. The largest absolute Gasteiger partial charge is 0.359 e. The van der Waals surface area contributed by atoms with Gasteiger partial charge < -0.3 is 20.3 Å². The topological polar surface area (TPSA) is 87.7 Å². The second kappa shape index (κ2) is 10.5. The van der Waals surface area contributed by atoms with Crippen molar-refractivity contribution in [3.63, 3.8) is 0 Å². The minimum absolute atomic E-state index is 0.0192. The summed E-state index contributed by atoms with van der Waals surface area (Å²) in [6.45, 7) is 4.60. The molecule has 8 unspecified atom stereocenters. The molecule has 1 spiro atoms. The Kier molecular flexibility index (Phi) is 7.18. The van der Waals surface area contributed by atoms with E-state index >= 15 is 0 Å². The van der Waals surface area contributed by atoms with E-state index in [9.17, 15) is 14.4 Å². The minimum atomic E-state index is -1.22. The van der Waals surface area contributed by atoms with Crippen LogP contribution in [-0.2, 0) is 25.7 Å². The lowest BCUT2D eigenvalue weighted by Crippen LogP contribution is -2.57. The second-order valence-corrected chi connectivity index (χ2v) is 12.5. The summed E-state index contributed by atoms with van der Waals surface area (Å²) >= 11 is 12.1. The lowest BCUT2D eigenvalue weighted by Gasteiger charge is -2.38. The maximum absolute atomic E-state index is 14.2. The molecule has 3 fully saturated rings. The van der Waals surface area contributed by atoms with Gasteiger partial charge in [0.2, 0.25) is 17.7 Å². The van der Waals surface area contributed by atoms with E-state index in [1.165, 1.54) is 0 Å². The van der Waals surface area contributed by atoms with Crippen LogP contribution in [-0.4, -0.2) is 46.4 Å². The Morgan fingerprint density at radius 1 is 1.00 bits per heavy atom. The van der Waals surface area contributed by atoms with Crippen LogP contribution in [0.3, 0.4) is 0 Å². The zero-order valence-electron chi connectivity index (χ0n) is 22.5. The van der Waals surface area contributed by atoms with Gasteiger partial charge in [-0.25, -0.2) is 0 Å². The Morgan fingerprint density at radius 2 is 1.68 bits per heavy atom. The molecule has 6 rings (SSSR count). The Labute approximate surface area is 244 Å². The van der Waals surface area contributed by atoms with Gasteiger partial charge in [-0.1, -0.05) is 74.2 Å². The number of likely N-dealkylation sites (tertiary alicyclic amines) is 1. The number of amides is 3. The van der Waals surface area contributed by atoms with Crippen LogP contribution in [0.5, 0.6) is 0 Å². The Bertz CT molecular complexity index is 1350. The van der Waals surface area contributed by atoms with Crippen LogP contribution < -0.4 is 10.6 Å². The van der Waals surface area contributed by atoms with Crippen molar-refractivity contribution in [3.05, 3.63) is 76.3 Å². The van der Waals surface area contributed by atoms with E-state index in [4.69, 9.17) is 27.9 Å². The number of rotatable bonds is 6. The summed E-state index contributed by atoms with van der Waals surface area (Å²) in [7, 11) is 0. The maximum atomic E-state index is 14.2. The van der Waals surface area contributed by atoms with Gasteiger partial charge in [0.05, 0.1) is 17.9 Å². The maximum Gasteiger partial charge on any atom is 0.246 e. The monoisotopic (exact) mass is 581 g/mol. The third-order valence-electron chi connectivity index (χ3n) is 9.34. The van der Waals surface area contributed by atoms with Crippen molar-refractivity contribution in [1.82, 2.24) is 10.2 Å². The lowest BCUT2D eigenvalue weighted by atomic mass is 9.73. The van der Waals surface area contributed by atoms with Crippen molar-refractivity contribution >= 4 is 46.6 Å². The summed E-state index contributed by atoms with van der Waals surface area (Å²) in [5.74, 6) is -1.59. The molecule has 2 saturated heterocycles. The van der Waals surface area contributed by atoms with Crippen LogP contribution in [0.15, 0.2) is 60.7 Å². The molecule has 3 amide bonds. The highest BCUT2D eigenvalue weighted by Gasteiger charge is 2.72. The number of nitrogens with one attached hydrogen (secondary N) is 2. The van der Waals surface area contributed by atoms with E-state index in [-0.39, 0.29) is 30.3 Å². The number of fused-ring (bicyclic) bond motifs is 1. The van der Waals surface area contributed by atoms with Crippen molar-refractivity contribution in [2.24, 2.45) is 23.7 Å². The van der Waals surface area contributed by atoms with Crippen LogP contribution >= 0.6 is 23.2 Å². The van der Waals surface area contributed by atoms with Gasteiger partial charge in [-0.2, -0.15) is 0 Å². The number of carbonyl (C=O) groups excluding carboxylic acids is 3. The van der Waals surface area contributed by atoms with E-state index in [1.54, 1.807) is 41.3 Å². The first kappa shape index (κ1) is 27.3. The van der Waals surface area contributed by atoms with Crippen molar-refractivity contribution in [2.75, 3.05) is 5.32 Å². The van der Waals surface area contributed by atoms with Crippen LogP contribution in [0.25, 0.3) is 0 Å². The van der Waals surface area contributed by atoms with Gasteiger partial charge in [0.1, 0.15) is 11.6 Å². The van der Waals surface area contributed by atoms with Gasteiger partial charge in [-0.05, 0) is 60.2 Å². The van der Waals surface area contributed by atoms with Crippen molar-refractivity contribution in [1.29, 1.82) is 0 Å². The predicted molar refractivity (Wildman–Crippen MR) is 154 cm³/mol. The third-order valence-corrected chi connectivity index (χ3v) is 9.84. The average molecular weight is 583 g/mol. The molecule has 210 valence electrons. The highest BCUT2D eigenvalue weighted by Crippen LogP contribution is 2.55. The van der Waals surface area contributed by atoms with Gasteiger partial charge in [-0.3, -0.25) is 14.4 Å². The minimum Gasteiger partial charge on any atom is -0.359 e. The van der Waals surface area contributed by atoms with E-state index < -0.39 is 29.6 Å². The fraction of sp³-hybridized carbons (Fsp3) is 0.452. The fourth-order valence-electron chi connectivity index (χ4n) is 7.03. The number of hydrogen-bond donors (Lipinski definition) is 2. The molecule has 7 nitrogen and oxygen atoms in total. The molecule has 3 aliphatic heterocycles. The van der Waals surface area contributed by atoms with E-state index in [2.05, 4.69) is 24.5 Å². The number of nitrogens with zero attached hydrogens (tertiary/aromatic N) is 1. The molecule has 0 aromatic heterocycles. The first-order chi connectivity index (χ1) is 19.2. The summed E-state index contributed by atoms with van der Waals surface area (Å²) in [6, 6.07) is 13.2. The molecule has 1 saturated carbocycles. The molecule has 9 heteroatoms. The van der Waals surface area contributed by atoms with E-state index in [0.717, 1.165) is 24.8 Å². The average Bonchev–Trinajstić information content (AvgIpc) is 3.57. The summed E-state index contributed by atoms with van der Waals surface area (Å²) in [6.07, 6.45) is 6.16. The summed E-state index contributed by atoms with van der Waals surface area (Å²) in [5, 5.41) is 7.35. The van der Waals surface area contributed by atoms with Crippen LogP contribution in [0, 0.1) is 23.7 Å². The molecule has 4 aliphatic rings. The number of halogens is 2. The molecule has 2 bridgehead atoms. The number of anilines is 1. The van der Waals surface area contributed by atoms with E-state index in [0.29, 0.717) is 27.6 Å².